The van der Waals surface area contributed by atoms with Gasteiger partial charge in [-0.05, 0) is 29.8 Å². The van der Waals surface area contributed by atoms with Gasteiger partial charge in [-0.2, -0.15) is 4.98 Å². The summed E-state index contributed by atoms with van der Waals surface area (Å²) in [7, 11) is 0. The Morgan fingerprint density at radius 1 is 0.821 bits per heavy atom. The number of halogens is 1. The van der Waals surface area contributed by atoms with E-state index >= 15 is 0 Å². The van der Waals surface area contributed by atoms with Gasteiger partial charge in [0.05, 0.1) is 11.9 Å². The number of hydrogen-bond donors (Lipinski definition) is 2. The van der Waals surface area contributed by atoms with E-state index in [-0.39, 0.29) is 5.82 Å². The third-order valence-corrected chi connectivity index (χ3v) is 3.89. The first-order valence-corrected chi connectivity index (χ1v) is 8.57. The highest BCUT2D eigenvalue weighted by Gasteiger charge is 2.08. The fraction of sp³-hybridized carbons (Fsp3) is 0.0500. The molecule has 28 heavy (non-hydrogen) atoms. The van der Waals surface area contributed by atoms with Crippen molar-refractivity contribution in [3.05, 3.63) is 84.8 Å². The summed E-state index contributed by atoms with van der Waals surface area (Å²) >= 11 is 0. The average Bonchev–Trinajstić information content (AvgIpc) is 2.75. The van der Waals surface area contributed by atoms with Gasteiger partial charge in [0, 0.05) is 43.0 Å². The molecule has 4 aromatic rings. The fourth-order valence-corrected chi connectivity index (χ4v) is 2.54. The molecule has 0 saturated heterocycles. The maximum atomic E-state index is 13.1. The Hall–Kier alpha value is -3.94. The van der Waals surface area contributed by atoms with Crippen LogP contribution in [0.15, 0.2) is 73.4 Å². The van der Waals surface area contributed by atoms with Gasteiger partial charge in [-0.25, -0.2) is 14.4 Å². The van der Waals surface area contributed by atoms with Crippen LogP contribution in [0.1, 0.15) is 5.56 Å². The maximum Gasteiger partial charge on any atom is 0.225 e. The van der Waals surface area contributed by atoms with Crippen LogP contribution in [-0.4, -0.2) is 24.9 Å². The van der Waals surface area contributed by atoms with Gasteiger partial charge in [-0.1, -0.05) is 12.1 Å². The van der Waals surface area contributed by atoms with Crippen LogP contribution in [-0.2, 0) is 6.54 Å². The summed E-state index contributed by atoms with van der Waals surface area (Å²) in [6.45, 7) is 0.463. The first-order valence-electron chi connectivity index (χ1n) is 8.57. The lowest BCUT2D eigenvalue weighted by Gasteiger charge is -2.11. The Morgan fingerprint density at radius 3 is 2.39 bits per heavy atom. The van der Waals surface area contributed by atoms with Crippen molar-refractivity contribution in [1.82, 2.24) is 24.9 Å². The predicted molar refractivity (Wildman–Crippen MR) is 104 cm³/mol. The zero-order valence-electron chi connectivity index (χ0n) is 14.7. The number of rotatable bonds is 6. The SMILES string of the molecule is Fc1ccc(CNc2nc(Nc3cnccn3)cc(-c3ccncc3)n2)cc1. The van der Waals surface area contributed by atoms with Crippen LogP contribution < -0.4 is 10.6 Å². The van der Waals surface area contributed by atoms with Crippen molar-refractivity contribution >= 4 is 17.6 Å². The molecule has 7 nitrogen and oxygen atoms in total. The molecule has 0 radical (unpaired) electrons. The number of benzene rings is 1. The van der Waals surface area contributed by atoms with Crippen molar-refractivity contribution in [1.29, 1.82) is 0 Å². The van der Waals surface area contributed by atoms with Crippen LogP contribution in [0.3, 0.4) is 0 Å². The number of nitrogens with zero attached hydrogens (tertiary/aromatic N) is 5. The lowest BCUT2D eigenvalue weighted by atomic mass is 10.2. The average molecular weight is 373 g/mol. The molecule has 0 atom stereocenters. The molecule has 4 rings (SSSR count). The van der Waals surface area contributed by atoms with Gasteiger partial charge in [0.2, 0.25) is 5.95 Å². The van der Waals surface area contributed by atoms with E-state index in [2.05, 4.69) is 35.6 Å². The Labute approximate surface area is 160 Å². The summed E-state index contributed by atoms with van der Waals surface area (Å²) in [5, 5.41) is 6.31. The predicted octanol–water partition coefficient (Wildman–Crippen LogP) is 3.82. The smallest absolute Gasteiger partial charge is 0.225 e. The molecule has 0 aliphatic heterocycles. The summed E-state index contributed by atoms with van der Waals surface area (Å²) in [5.74, 6) is 1.32. The monoisotopic (exact) mass is 373 g/mol. The largest absolute Gasteiger partial charge is 0.350 e. The maximum absolute atomic E-state index is 13.1. The first-order chi connectivity index (χ1) is 13.8. The van der Waals surface area contributed by atoms with Gasteiger partial charge in [0.1, 0.15) is 17.5 Å². The molecular weight excluding hydrogens is 357 g/mol. The van der Waals surface area contributed by atoms with Crippen LogP contribution in [0.4, 0.5) is 22.0 Å². The highest BCUT2D eigenvalue weighted by Crippen LogP contribution is 2.22. The van der Waals surface area contributed by atoms with Gasteiger partial charge in [0.15, 0.2) is 0 Å². The van der Waals surface area contributed by atoms with Gasteiger partial charge < -0.3 is 10.6 Å². The molecule has 8 heteroatoms. The van der Waals surface area contributed by atoms with Crippen molar-refractivity contribution in [3.63, 3.8) is 0 Å². The lowest BCUT2D eigenvalue weighted by Crippen LogP contribution is -2.07. The number of aromatic nitrogens is 5. The summed E-state index contributed by atoms with van der Waals surface area (Å²) in [4.78, 5) is 21.4. The zero-order valence-corrected chi connectivity index (χ0v) is 14.7. The molecule has 0 unspecified atom stereocenters. The van der Waals surface area contributed by atoms with Crippen molar-refractivity contribution in [2.45, 2.75) is 6.54 Å². The second kappa shape index (κ2) is 8.17. The topological polar surface area (TPSA) is 88.5 Å². The van der Waals surface area contributed by atoms with E-state index in [0.717, 1.165) is 16.8 Å². The molecule has 0 amide bonds. The van der Waals surface area contributed by atoms with E-state index in [4.69, 9.17) is 0 Å². The second-order valence-corrected chi connectivity index (χ2v) is 5.89. The minimum Gasteiger partial charge on any atom is -0.350 e. The Balaban J connectivity index is 1.62. The van der Waals surface area contributed by atoms with Gasteiger partial charge in [0.25, 0.3) is 0 Å². The van der Waals surface area contributed by atoms with Crippen LogP contribution in [0, 0.1) is 5.82 Å². The van der Waals surface area contributed by atoms with Gasteiger partial charge >= 0.3 is 0 Å². The quantitative estimate of drug-likeness (QED) is 0.531. The van der Waals surface area contributed by atoms with Crippen molar-refractivity contribution < 1.29 is 4.39 Å². The van der Waals surface area contributed by atoms with E-state index in [1.54, 1.807) is 43.1 Å². The Kier molecular flexibility index (Phi) is 5.10. The van der Waals surface area contributed by atoms with Crippen molar-refractivity contribution in [2.24, 2.45) is 0 Å². The van der Waals surface area contributed by atoms with Crippen molar-refractivity contribution in [2.75, 3.05) is 10.6 Å². The van der Waals surface area contributed by atoms with E-state index in [0.29, 0.717) is 24.1 Å². The standard InChI is InChI=1S/C20H16FN7/c21-16-3-1-14(2-4-16)12-25-20-26-17(15-5-7-22-8-6-15)11-18(28-20)27-19-13-23-9-10-24-19/h1-11,13H,12H2,(H2,24,25,26,27,28). The van der Waals surface area contributed by atoms with Crippen molar-refractivity contribution in [3.8, 4) is 11.3 Å². The Morgan fingerprint density at radius 2 is 1.64 bits per heavy atom. The molecule has 0 spiro atoms. The normalized spacial score (nSPS) is 10.5. The molecule has 0 bridgehead atoms. The van der Waals surface area contributed by atoms with E-state index < -0.39 is 0 Å². The molecule has 1 aromatic carbocycles. The highest BCUT2D eigenvalue weighted by atomic mass is 19.1. The summed E-state index contributed by atoms with van der Waals surface area (Å²) in [6, 6.07) is 11.9. The highest BCUT2D eigenvalue weighted by molar-refractivity contribution is 5.66. The molecule has 3 aromatic heterocycles. The molecule has 0 aliphatic rings. The zero-order chi connectivity index (χ0) is 19.2. The Bertz CT molecular complexity index is 1040. The fourth-order valence-electron chi connectivity index (χ4n) is 2.54. The molecule has 2 N–H and O–H groups in total. The minimum absolute atomic E-state index is 0.268. The second-order valence-electron chi connectivity index (χ2n) is 5.89. The third-order valence-electron chi connectivity index (χ3n) is 3.89. The molecule has 0 aliphatic carbocycles. The van der Waals surface area contributed by atoms with E-state index in [1.165, 1.54) is 12.1 Å². The minimum atomic E-state index is -0.268. The summed E-state index contributed by atoms with van der Waals surface area (Å²) in [6.07, 6.45) is 8.22. The number of hydrogen-bond acceptors (Lipinski definition) is 7. The third kappa shape index (κ3) is 4.42. The molecule has 3 heterocycles. The number of pyridine rings is 1. The molecular formula is C20H16FN7. The van der Waals surface area contributed by atoms with Crippen LogP contribution in [0.25, 0.3) is 11.3 Å². The van der Waals surface area contributed by atoms with Gasteiger partial charge in [-0.3, -0.25) is 9.97 Å². The molecule has 0 saturated carbocycles. The van der Waals surface area contributed by atoms with E-state index in [1.807, 2.05) is 18.2 Å². The molecule has 138 valence electrons. The van der Waals surface area contributed by atoms with Crippen LogP contribution in [0.2, 0.25) is 0 Å². The number of nitrogens with one attached hydrogen (secondary N) is 2. The lowest BCUT2D eigenvalue weighted by molar-refractivity contribution is 0.627. The van der Waals surface area contributed by atoms with Crippen LogP contribution in [0.5, 0.6) is 0 Å². The van der Waals surface area contributed by atoms with Crippen LogP contribution >= 0.6 is 0 Å². The summed E-state index contributed by atoms with van der Waals surface area (Å²) < 4.78 is 13.1. The van der Waals surface area contributed by atoms with Gasteiger partial charge in [-0.15, -0.1) is 0 Å². The first kappa shape index (κ1) is 17.5. The molecule has 0 fully saturated rings. The summed E-state index contributed by atoms with van der Waals surface area (Å²) in [5.41, 5.74) is 2.55. The van der Waals surface area contributed by atoms with E-state index in [9.17, 15) is 4.39 Å². The number of anilines is 3.